The van der Waals surface area contributed by atoms with Crippen LogP contribution in [0.25, 0.3) is 10.9 Å². The first-order valence-electron chi connectivity index (χ1n) is 8.94. The number of amides is 1. The van der Waals surface area contributed by atoms with E-state index in [-0.39, 0.29) is 6.04 Å². The maximum absolute atomic E-state index is 12.0. The third-order valence-corrected chi connectivity index (χ3v) is 5.27. The zero-order valence-electron chi connectivity index (χ0n) is 14.8. The predicted octanol–water partition coefficient (Wildman–Crippen LogP) is 3.01. The molecule has 0 spiro atoms. The fraction of sp³-hybridized carbons (Fsp3) is 0.190. The Morgan fingerprint density at radius 3 is 2.75 bits per heavy atom. The van der Waals surface area contributed by atoms with Crippen molar-refractivity contribution in [2.24, 2.45) is 0 Å². The maximum Gasteiger partial charge on any atom is 0.408 e. The summed E-state index contributed by atoms with van der Waals surface area (Å²) in [5.74, 6) is 0.460. The summed E-state index contributed by atoms with van der Waals surface area (Å²) in [6.45, 7) is 0.774. The number of hydrogen-bond donors (Lipinski definition) is 1. The van der Waals surface area contributed by atoms with E-state index in [0.29, 0.717) is 41.1 Å². The van der Waals surface area contributed by atoms with Crippen LogP contribution in [0.1, 0.15) is 38.1 Å². The third kappa shape index (κ3) is 2.40. The molecule has 0 radical (unpaired) electrons. The number of fused-ring (bicyclic) bond motifs is 5. The molecule has 7 nitrogen and oxygen atoms in total. The molecule has 1 amide bonds. The summed E-state index contributed by atoms with van der Waals surface area (Å²) in [5.41, 5.74) is 3.22. The number of ether oxygens (including phenoxy) is 2. The zero-order valence-corrected chi connectivity index (χ0v) is 14.8. The summed E-state index contributed by atoms with van der Waals surface area (Å²) in [5, 5.41) is 3.39. The smallest absolute Gasteiger partial charge is 0.408 e. The monoisotopic (exact) mass is 376 g/mol. The zero-order chi connectivity index (χ0) is 19.3. The molecular formula is C21H16N2O5. The minimum atomic E-state index is -0.526. The van der Waals surface area contributed by atoms with Crippen molar-refractivity contribution in [3.63, 3.8) is 0 Å². The van der Waals surface area contributed by atoms with Crippen molar-refractivity contribution >= 4 is 29.6 Å². The summed E-state index contributed by atoms with van der Waals surface area (Å²) in [7, 11) is 0. The average Bonchev–Trinajstić information content (AvgIpc) is 3.34. The molecule has 2 aliphatic heterocycles. The molecular weight excluding hydrogens is 360 g/mol. The van der Waals surface area contributed by atoms with Crippen LogP contribution in [0.2, 0.25) is 0 Å². The lowest BCUT2D eigenvalue weighted by atomic mass is 10.0. The summed E-state index contributed by atoms with van der Waals surface area (Å²) in [4.78, 5) is 35.1. The molecule has 2 aliphatic rings. The minimum Gasteiger partial charge on any atom is -0.488 e. The Hall–Kier alpha value is -3.61. The Morgan fingerprint density at radius 1 is 1.18 bits per heavy atom. The number of nitrogens with one attached hydrogen (secondary N) is 1. The van der Waals surface area contributed by atoms with E-state index in [9.17, 15) is 14.4 Å². The first-order valence-corrected chi connectivity index (χ1v) is 8.94. The van der Waals surface area contributed by atoms with E-state index < -0.39 is 12.2 Å². The molecule has 0 bridgehead atoms. The van der Waals surface area contributed by atoms with Crippen LogP contribution in [-0.2, 0) is 17.9 Å². The molecule has 0 unspecified atom stereocenters. The molecule has 0 saturated carbocycles. The van der Waals surface area contributed by atoms with Crippen molar-refractivity contribution in [1.82, 2.24) is 9.88 Å². The number of hydrogen-bond acceptors (Lipinski definition) is 5. The van der Waals surface area contributed by atoms with Crippen molar-refractivity contribution in [1.29, 1.82) is 0 Å². The van der Waals surface area contributed by atoms with E-state index in [1.807, 2.05) is 34.9 Å². The molecule has 1 aromatic heterocycles. The van der Waals surface area contributed by atoms with Crippen LogP contribution in [0.15, 0.2) is 42.5 Å². The topological polar surface area (TPSA) is 86.6 Å². The van der Waals surface area contributed by atoms with E-state index >= 15 is 0 Å². The van der Waals surface area contributed by atoms with Crippen molar-refractivity contribution in [3.05, 3.63) is 64.8 Å². The SMILES string of the molecule is O=Cc1cc(OCc2ccccc2)c2c(C=O)c3n(c2c1)C[C@@H]1NC(=O)O[C@H]31. The number of alkyl carbamates (subject to hydrolysis) is 1. The van der Waals surface area contributed by atoms with Gasteiger partial charge in [0.15, 0.2) is 12.4 Å². The number of benzene rings is 2. The quantitative estimate of drug-likeness (QED) is 0.692. The molecule has 28 heavy (non-hydrogen) atoms. The van der Waals surface area contributed by atoms with Gasteiger partial charge in [-0.05, 0) is 17.7 Å². The molecule has 1 N–H and O–H groups in total. The van der Waals surface area contributed by atoms with Gasteiger partial charge in [-0.2, -0.15) is 0 Å². The number of rotatable bonds is 5. The van der Waals surface area contributed by atoms with E-state index in [2.05, 4.69) is 5.32 Å². The van der Waals surface area contributed by atoms with Gasteiger partial charge in [0.2, 0.25) is 0 Å². The Morgan fingerprint density at radius 2 is 2.00 bits per heavy atom. The Labute approximate surface area is 159 Å². The van der Waals surface area contributed by atoms with Crippen LogP contribution in [0.5, 0.6) is 5.75 Å². The van der Waals surface area contributed by atoms with E-state index in [0.717, 1.165) is 23.7 Å². The highest BCUT2D eigenvalue weighted by molar-refractivity contribution is 6.05. The fourth-order valence-corrected chi connectivity index (χ4v) is 4.09. The van der Waals surface area contributed by atoms with Crippen LogP contribution in [0, 0.1) is 0 Å². The number of carbonyl (C=O) groups excluding carboxylic acids is 3. The minimum absolute atomic E-state index is 0.223. The highest BCUT2D eigenvalue weighted by Crippen LogP contribution is 2.44. The molecule has 2 atom stereocenters. The highest BCUT2D eigenvalue weighted by Gasteiger charge is 2.45. The van der Waals surface area contributed by atoms with E-state index in [1.165, 1.54) is 0 Å². The van der Waals surface area contributed by atoms with E-state index in [1.54, 1.807) is 12.1 Å². The number of aromatic nitrogens is 1. The molecule has 140 valence electrons. The van der Waals surface area contributed by atoms with Crippen molar-refractivity contribution in [3.8, 4) is 5.75 Å². The second kappa shape index (κ2) is 6.23. The second-order valence-electron chi connectivity index (χ2n) is 6.91. The van der Waals surface area contributed by atoms with Crippen LogP contribution in [0.3, 0.4) is 0 Å². The van der Waals surface area contributed by atoms with Gasteiger partial charge in [0.05, 0.1) is 28.2 Å². The van der Waals surface area contributed by atoms with Gasteiger partial charge in [-0.25, -0.2) is 4.79 Å². The summed E-state index contributed by atoms with van der Waals surface area (Å²) in [6.07, 6.45) is 0.501. The molecule has 0 aliphatic carbocycles. The van der Waals surface area contributed by atoms with E-state index in [4.69, 9.17) is 9.47 Å². The second-order valence-corrected chi connectivity index (χ2v) is 6.91. The maximum atomic E-state index is 12.0. The average molecular weight is 376 g/mol. The van der Waals surface area contributed by atoms with Crippen LogP contribution < -0.4 is 10.1 Å². The van der Waals surface area contributed by atoms with Gasteiger partial charge in [0, 0.05) is 12.1 Å². The van der Waals surface area contributed by atoms with Gasteiger partial charge < -0.3 is 19.4 Å². The summed E-state index contributed by atoms with van der Waals surface area (Å²) < 4.78 is 13.3. The Kier molecular flexibility index (Phi) is 3.68. The largest absolute Gasteiger partial charge is 0.488 e. The first-order chi connectivity index (χ1) is 13.7. The van der Waals surface area contributed by atoms with Crippen molar-refractivity contribution in [2.75, 3.05) is 0 Å². The van der Waals surface area contributed by atoms with Crippen LogP contribution >= 0.6 is 0 Å². The predicted molar refractivity (Wildman–Crippen MR) is 99.6 cm³/mol. The van der Waals surface area contributed by atoms with Gasteiger partial charge in [0.25, 0.3) is 0 Å². The third-order valence-electron chi connectivity index (χ3n) is 5.27. The van der Waals surface area contributed by atoms with Crippen LogP contribution in [0.4, 0.5) is 4.79 Å². The van der Waals surface area contributed by atoms with Gasteiger partial charge in [-0.1, -0.05) is 30.3 Å². The molecule has 3 heterocycles. The molecule has 1 saturated heterocycles. The lowest BCUT2D eigenvalue weighted by molar-refractivity contribution is 0.111. The molecule has 3 aromatic rings. The van der Waals surface area contributed by atoms with Gasteiger partial charge in [0.1, 0.15) is 18.6 Å². The first kappa shape index (κ1) is 16.6. The lowest BCUT2D eigenvalue weighted by Crippen LogP contribution is -2.27. The molecule has 5 rings (SSSR count). The summed E-state index contributed by atoms with van der Waals surface area (Å²) in [6, 6.07) is 12.8. The van der Waals surface area contributed by atoms with Gasteiger partial charge in [-0.3, -0.25) is 9.59 Å². The summed E-state index contributed by atoms with van der Waals surface area (Å²) >= 11 is 0. The van der Waals surface area contributed by atoms with Crippen molar-refractivity contribution in [2.45, 2.75) is 25.3 Å². The highest BCUT2D eigenvalue weighted by atomic mass is 16.6. The standard InChI is InChI=1S/C21H16N2O5/c24-9-13-6-16-18(17(7-13)27-11-12-4-2-1-3-5-12)14(10-25)19-20-15(8-23(16)19)22-21(26)28-20/h1-7,9-10,15,20H,8,11H2,(H,22,26)/t15-,20-/m0/s1. The number of nitrogens with zero attached hydrogens (tertiary/aromatic N) is 1. The lowest BCUT2D eigenvalue weighted by Gasteiger charge is -2.11. The number of aldehydes is 2. The van der Waals surface area contributed by atoms with Crippen molar-refractivity contribution < 1.29 is 23.9 Å². The van der Waals surface area contributed by atoms with Gasteiger partial charge in [-0.15, -0.1) is 0 Å². The molecule has 7 heteroatoms. The van der Waals surface area contributed by atoms with Crippen LogP contribution in [-0.4, -0.2) is 29.3 Å². The number of carbonyl (C=O) groups is 3. The molecule has 2 aromatic carbocycles. The Bertz CT molecular complexity index is 1120. The Balaban J connectivity index is 1.65. The normalized spacial score (nSPS) is 19.6. The van der Waals surface area contributed by atoms with Gasteiger partial charge >= 0.3 is 6.09 Å². The molecule has 1 fully saturated rings. The fourth-order valence-electron chi connectivity index (χ4n) is 4.09.